The number of nitrogens with zero attached hydrogens (tertiary/aromatic N) is 1. The number of nitrogens with one attached hydrogen (secondary N) is 2. The summed E-state index contributed by atoms with van der Waals surface area (Å²) in [6.45, 7) is 6.42. The van der Waals surface area contributed by atoms with Crippen molar-refractivity contribution in [1.82, 2.24) is 15.6 Å². The predicted molar refractivity (Wildman–Crippen MR) is 101 cm³/mol. The Morgan fingerprint density at radius 1 is 1.38 bits per heavy atom. The van der Waals surface area contributed by atoms with E-state index in [-0.39, 0.29) is 17.9 Å². The van der Waals surface area contributed by atoms with Gasteiger partial charge in [-0.05, 0) is 17.7 Å². The first-order chi connectivity index (χ1) is 12.2. The summed E-state index contributed by atoms with van der Waals surface area (Å²) in [6.07, 6.45) is -1.43. The Bertz CT molecular complexity index is 814. The molecule has 1 aliphatic rings. The maximum atomic E-state index is 12.5. The minimum absolute atomic E-state index is 0.0891. The Hall–Kier alpha value is -2.12. The molecule has 138 valence electrons. The molecule has 2 amide bonds. The molecule has 1 fully saturated rings. The topological polar surface area (TPSA) is 80.3 Å². The van der Waals surface area contributed by atoms with Crippen molar-refractivity contribution in [1.29, 1.82) is 0 Å². The molecule has 0 bridgehead atoms. The highest BCUT2D eigenvalue weighted by molar-refractivity contribution is 7.09. The van der Waals surface area contributed by atoms with E-state index in [2.05, 4.69) is 31.4 Å². The molecule has 2 aromatic rings. The Kier molecular flexibility index (Phi) is 5.20. The third-order valence-electron chi connectivity index (χ3n) is 4.00. The van der Waals surface area contributed by atoms with Crippen LogP contribution in [0.15, 0.2) is 29.6 Å². The van der Waals surface area contributed by atoms with Gasteiger partial charge in [-0.15, -0.1) is 11.3 Å². The molecule has 1 aromatic heterocycles. The average molecular weight is 394 g/mol. The van der Waals surface area contributed by atoms with Crippen LogP contribution in [0.3, 0.4) is 0 Å². The summed E-state index contributed by atoms with van der Waals surface area (Å²) in [7, 11) is 0. The van der Waals surface area contributed by atoms with Gasteiger partial charge in [0.15, 0.2) is 6.10 Å². The molecule has 0 saturated carbocycles. The van der Waals surface area contributed by atoms with Gasteiger partial charge in [-0.25, -0.2) is 9.78 Å². The number of alkyl carbamates (subject to hydrolysis) is 1. The second kappa shape index (κ2) is 7.25. The summed E-state index contributed by atoms with van der Waals surface area (Å²) in [5.74, 6) is -0.365. The average Bonchev–Trinajstić information content (AvgIpc) is 3.22. The van der Waals surface area contributed by atoms with E-state index < -0.39 is 18.2 Å². The first kappa shape index (κ1) is 18.7. The monoisotopic (exact) mass is 393 g/mol. The van der Waals surface area contributed by atoms with Gasteiger partial charge in [0.2, 0.25) is 0 Å². The number of ether oxygens (including phenoxy) is 1. The van der Waals surface area contributed by atoms with E-state index in [1.54, 1.807) is 12.1 Å². The number of rotatable bonds is 4. The number of carbonyl (C=O) groups is 2. The predicted octanol–water partition coefficient (Wildman–Crippen LogP) is 3.41. The van der Waals surface area contributed by atoms with Gasteiger partial charge in [0.05, 0.1) is 12.2 Å². The van der Waals surface area contributed by atoms with E-state index in [1.807, 2.05) is 17.5 Å². The van der Waals surface area contributed by atoms with E-state index in [1.165, 1.54) is 11.3 Å². The van der Waals surface area contributed by atoms with Gasteiger partial charge < -0.3 is 15.4 Å². The van der Waals surface area contributed by atoms with Crippen LogP contribution < -0.4 is 10.6 Å². The number of benzene rings is 1. The molecule has 3 rings (SSSR count). The molecule has 2 N–H and O–H groups in total. The number of hydrogen-bond acceptors (Lipinski definition) is 5. The SMILES string of the molecule is CC(C)(C)c1csc([C@H](NC(=O)[C@@H]2CNC(=O)O2)c2ccc(Cl)cc2)n1. The van der Waals surface area contributed by atoms with Gasteiger partial charge in [0.1, 0.15) is 11.0 Å². The molecular weight excluding hydrogens is 374 g/mol. The van der Waals surface area contributed by atoms with Crippen LogP contribution in [0.1, 0.15) is 43.1 Å². The van der Waals surface area contributed by atoms with Crippen molar-refractivity contribution in [3.63, 3.8) is 0 Å². The number of carbonyl (C=O) groups excluding carboxylic acids is 2. The zero-order valence-electron chi connectivity index (χ0n) is 14.7. The van der Waals surface area contributed by atoms with Gasteiger partial charge in [-0.1, -0.05) is 44.5 Å². The zero-order chi connectivity index (χ0) is 18.9. The Morgan fingerprint density at radius 3 is 2.62 bits per heavy atom. The highest BCUT2D eigenvalue weighted by Crippen LogP contribution is 2.30. The number of amides is 2. The van der Waals surface area contributed by atoms with Crippen LogP contribution in [0, 0.1) is 0 Å². The van der Waals surface area contributed by atoms with E-state index in [0.717, 1.165) is 16.3 Å². The molecule has 1 saturated heterocycles. The van der Waals surface area contributed by atoms with Crippen molar-refractivity contribution in [2.75, 3.05) is 6.54 Å². The van der Waals surface area contributed by atoms with Crippen molar-refractivity contribution in [3.8, 4) is 0 Å². The van der Waals surface area contributed by atoms with Crippen molar-refractivity contribution in [2.45, 2.75) is 38.3 Å². The lowest BCUT2D eigenvalue weighted by molar-refractivity contribution is -0.128. The van der Waals surface area contributed by atoms with Gasteiger partial charge in [-0.2, -0.15) is 0 Å². The van der Waals surface area contributed by atoms with Crippen molar-refractivity contribution in [2.24, 2.45) is 0 Å². The molecule has 6 nitrogen and oxygen atoms in total. The Labute approximate surface area is 160 Å². The Morgan fingerprint density at radius 2 is 2.08 bits per heavy atom. The largest absolute Gasteiger partial charge is 0.434 e. The molecule has 26 heavy (non-hydrogen) atoms. The smallest absolute Gasteiger partial charge is 0.408 e. The van der Waals surface area contributed by atoms with Crippen LogP contribution in [-0.2, 0) is 14.9 Å². The standard InChI is InChI=1S/C18H20ClN3O3S/c1-18(2,3)13-9-26-16(21-13)14(10-4-6-11(19)7-5-10)22-15(23)12-8-20-17(24)25-12/h4-7,9,12,14H,8H2,1-3H3,(H,20,24)(H,22,23)/t12-,14+/m0/s1. The number of thiazole rings is 1. The summed E-state index contributed by atoms with van der Waals surface area (Å²) >= 11 is 7.47. The molecule has 8 heteroatoms. The minimum atomic E-state index is -0.848. The second-order valence-corrected chi connectivity index (χ2v) is 8.42. The fourth-order valence-corrected chi connectivity index (χ4v) is 3.72. The quantitative estimate of drug-likeness (QED) is 0.834. The molecule has 0 unspecified atom stereocenters. The van der Waals surface area contributed by atoms with Crippen LogP contribution >= 0.6 is 22.9 Å². The molecule has 0 radical (unpaired) electrons. The van der Waals surface area contributed by atoms with Crippen LogP contribution in [0.2, 0.25) is 5.02 Å². The van der Waals surface area contributed by atoms with Crippen molar-refractivity contribution >= 4 is 34.9 Å². The molecule has 0 spiro atoms. The fraction of sp³-hybridized carbons (Fsp3) is 0.389. The molecule has 1 aliphatic heterocycles. The first-order valence-electron chi connectivity index (χ1n) is 8.20. The van der Waals surface area contributed by atoms with Crippen LogP contribution in [0.5, 0.6) is 0 Å². The fourth-order valence-electron chi connectivity index (χ4n) is 2.48. The summed E-state index contributed by atoms with van der Waals surface area (Å²) < 4.78 is 4.97. The normalized spacial score (nSPS) is 18.2. The van der Waals surface area contributed by atoms with Crippen LogP contribution in [0.4, 0.5) is 4.79 Å². The molecule has 1 aromatic carbocycles. The second-order valence-electron chi connectivity index (χ2n) is 7.09. The zero-order valence-corrected chi connectivity index (χ0v) is 16.3. The minimum Gasteiger partial charge on any atom is -0.434 e. The van der Waals surface area contributed by atoms with Gasteiger partial charge in [0.25, 0.3) is 5.91 Å². The van der Waals surface area contributed by atoms with E-state index in [0.29, 0.717) is 5.02 Å². The Balaban J connectivity index is 1.89. The number of cyclic esters (lactones) is 1. The number of hydrogen-bond donors (Lipinski definition) is 2. The van der Waals surface area contributed by atoms with E-state index in [4.69, 9.17) is 21.3 Å². The lowest BCUT2D eigenvalue weighted by Crippen LogP contribution is -2.39. The summed E-state index contributed by atoms with van der Waals surface area (Å²) in [5, 5.41) is 8.81. The molecule has 2 heterocycles. The molecule has 0 aliphatic carbocycles. The lowest BCUT2D eigenvalue weighted by Gasteiger charge is -2.19. The van der Waals surface area contributed by atoms with E-state index >= 15 is 0 Å². The molecular formula is C18H20ClN3O3S. The summed E-state index contributed by atoms with van der Waals surface area (Å²) in [6, 6.07) is 6.80. The maximum absolute atomic E-state index is 12.5. The van der Waals surface area contributed by atoms with Crippen molar-refractivity contribution < 1.29 is 14.3 Å². The van der Waals surface area contributed by atoms with Gasteiger partial charge in [0, 0.05) is 15.8 Å². The number of halogens is 1. The third kappa shape index (κ3) is 4.16. The number of aromatic nitrogens is 1. The van der Waals surface area contributed by atoms with Gasteiger partial charge >= 0.3 is 6.09 Å². The van der Waals surface area contributed by atoms with Crippen LogP contribution in [-0.4, -0.2) is 29.6 Å². The van der Waals surface area contributed by atoms with Crippen molar-refractivity contribution in [3.05, 3.63) is 50.9 Å². The summed E-state index contributed by atoms with van der Waals surface area (Å²) in [4.78, 5) is 28.5. The molecule has 2 atom stereocenters. The van der Waals surface area contributed by atoms with Crippen LogP contribution in [0.25, 0.3) is 0 Å². The highest BCUT2D eigenvalue weighted by atomic mass is 35.5. The third-order valence-corrected chi connectivity index (χ3v) is 5.16. The first-order valence-corrected chi connectivity index (χ1v) is 9.46. The highest BCUT2D eigenvalue weighted by Gasteiger charge is 2.32. The lowest BCUT2D eigenvalue weighted by atomic mass is 9.93. The van der Waals surface area contributed by atoms with Gasteiger partial charge in [-0.3, -0.25) is 4.79 Å². The van der Waals surface area contributed by atoms with E-state index in [9.17, 15) is 9.59 Å². The summed E-state index contributed by atoms with van der Waals surface area (Å²) in [5.41, 5.74) is 1.73. The maximum Gasteiger partial charge on any atom is 0.408 e.